The van der Waals surface area contributed by atoms with E-state index in [1.807, 2.05) is 54.6 Å². The molecule has 0 saturated heterocycles. The Morgan fingerprint density at radius 1 is 1.05 bits per heavy atom. The van der Waals surface area contributed by atoms with Crippen molar-refractivity contribution in [3.63, 3.8) is 0 Å². The van der Waals surface area contributed by atoms with Gasteiger partial charge in [-0.05, 0) is 36.6 Å². The van der Waals surface area contributed by atoms with Crippen LogP contribution in [-0.4, -0.2) is 6.09 Å². The number of carbonyl (C=O) groups excluding carboxylic acids is 1. The molecule has 2 aromatic rings. The summed E-state index contributed by atoms with van der Waals surface area (Å²) in [5.74, 6) is 0. The average Bonchev–Trinajstić information content (AvgIpc) is 2.46. The minimum absolute atomic E-state index is 0.266. The summed E-state index contributed by atoms with van der Waals surface area (Å²) in [5, 5.41) is 2.70. The van der Waals surface area contributed by atoms with Crippen molar-refractivity contribution in [3.8, 4) is 0 Å². The van der Waals surface area contributed by atoms with Crippen molar-refractivity contribution in [1.82, 2.24) is 0 Å². The first-order valence-corrected chi connectivity index (χ1v) is 6.14. The molecule has 2 aromatic carbocycles. The van der Waals surface area contributed by atoms with Crippen LogP contribution in [0.3, 0.4) is 0 Å². The van der Waals surface area contributed by atoms with Crippen LogP contribution in [0, 0.1) is 6.92 Å². The van der Waals surface area contributed by atoms with Crippen LogP contribution in [0.2, 0.25) is 0 Å². The van der Waals surface area contributed by atoms with E-state index in [-0.39, 0.29) is 6.61 Å². The van der Waals surface area contributed by atoms with Crippen molar-refractivity contribution < 1.29 is 9.53 Å². The number of anilines is 1. The highest BCUT2D eigenvalue weighted by molar-refractivity contribution is 5.84. The molecule has 3 heteroatoms. The van der Waals surface area contributed by atoms with Crippen molar-refractivity contribution in [2.24, 2.45) is 0 Å². The summed E-state index contributed by atoms with van der Waals surface area (Å²) < 4.78 is 5.14. The molecule has 0 fully saturated rings. The topological polar surface area (TPSA) is 38.3 Å². The Labute approximate surface area is 113 Å². The minimum Gasteiger partial charge on any atom is -0.444 e. The number of hydrogen-bond donors (Lipinski definition) is 1. The van der Waals surface area contributed by atoms with E-state index in [0.717, 1.165) is 16.8 Å². The molecule has 1 radical (unpaired) electrons. The summed E-state index contributed by atoms with van der Waals surface area (Å²) in [4.78, 5) is 11.6. The first kappa shape index (κ1) is 13.1. The van der Waals surface area contributed by atoms with E-state index in [1.54, 1.807) is 0 Å². The van der Waals surface area contributed by atoms with Crippen LogP contribution in [-0.2, 0) is 17.8 Å². The van der Waals surface area contributed by atoms with Crippen LogP contribution in [0.4, 0.5) is 10.5 Å². The minimum atomic E-state index is -0.454. The Morgan fingerprint density at radius 2 is 1.79 bits per heavy atom. The molecule has 0 aliphatic rings. The normalized spacial score (nSPS) is 9.95. The molecule has 0 bridgehead atoms. The molecule has 97 valence electrons. The highest BCUT2D eigenvalue weighted by Gasteiger charge is 2.03. The molecule has 1 N–H and O–H groups in total. The van der Waals surface area contributed by atoms with Gasteiger partial charge in [0.05, 0.1) is 0 Å². The number of nitrogens with one attached hydrogen (secondary N) is 1. The van der Waals surface area contributed by atoms with E-state index in [9.17, 15) is 4.79 Å². The van der Waals surface area contributed by atoms with Gasteiger partial charge in [0.1, 0.15) is 6.61 Å². The van der Waals surface area contributed by atoms with Gasteiger partial charge >= 0.3 is 6.09 Å². The van der Waals surface area contributed by atoms with Gasteiger partial charge in [-0.2, -0.15) is 0 Å². The Morgan fingerprint density at radius 3 is 2.53 bits per heavy atom. The predicted octanol–water partition coefficient (Wildman–Crippen LogP) is 3.81. The summed E-state index contributed by atoms with van der Waals surface area (Å²) >= 11 is 0. The summed E-state index contributed by atoms with van der Waals surface area (Å²) in [6.07, 6.45) is 0.235. The number of carbonyl (C=O) groups is 1. The van der Waals surface area contributed by atoms with Gasteiger partial charge in [0.2, 0.25) is 0 Å². The maximum absolute atomic E-state index is 11.6. The molecule has 0 heterocycles. The Hall–Kier alpha value is -2.29. The van der Waals surface area contributed by atoms with E-state index in [0.29, 0.717) is 6.42 Å². The van der Waals surface area contributed by atoms with Crippen LogP contribution in [0.15, 0.2) is 54.6 Å². The van der Waals surface area contributed by atoms with Crippen molar-refractivity contribution in [1.29, 1.82) is 0 Å². The zero-order valence-corrected chi connectivity index (χ0v) is 10.6. The van der Waals surface area contributed by atoms with Crippen molar-refractivity contribution in [2.75, 3.05) is 5.32 Å². The van der Waals surface area contributed by atoms with E-state index >= 15 is 0 Å². The lowest BCUT2D eigenvalue weighted by Crippen LogP contribution is -2.13. The van der Waals surface area contributed by atoms with E-state index in [2.05, 4.69) is 12.2 Å². The van der Waals surface area contributed by atoms with Gasteiger partial charge in [-0.15, -0.1) is 0 Å². The Bertz CT molecular complexity index is 537. The quantitative estimate of drug-likeness (QED) is 0.901. The fourth-order valence-corrected chi connectivity index (χ4v) is 1.68. The fourth-order valence-electron chi connectivity index (χ4n) is 1.68. The van der Waals surface area contributed by atoms with Crippen molar-refractivity contribution in [3.05, 3.63) is 72.6 Å². The molecule has 0 aliphatic carbocycles. The molecule has 0 aliphatic heterocycles. The summed E-state index contributed by atoms with van der Waals surface area (Å²) in [6, 6.07) is 17.1. The van der Waals surface area contributed by atoms with Gasteiger partial charge in [0.15, 0.2) is 0 Å². The van der Waals surface area contributed by atoms with Gasteiger partial charge < -0.3 is 4.74 Å². The average molecular weight is 254 g/mol. The summed E-state index contributed by atoms with van der Waals surface area (Å²) in [5.41, 5.74) is 2.75. The third-order valence-electron chi connectivity index (χ3n) is 2.67. The fraction of sp³-hybridized carbons (Fsp3) is 0.125. The standard InChI is InChI=1S/C16H16NO2/c1-2-13-9-6-10-15(11-13)17-16(18)19-12-14-7-4-3-5-8-14/h3-11H,1-2,12H2,(H,17,18). The molecule has 2 rings (SSSR count). The smallest absolute Gasteiger partial charge is 0.411 e. The molecule has 3 nitrogen and oxygen atoms in total. The molecular formula is C16H16NO2. The molecule has 0 atom stereocenters. The SMILES string of the molecule is [CH2]Cc1cccc(NC(=O)OCc2ccccc2)c1. The molecule has 19 heavy (non-hydrogen) atoms. The van der Waals surface area contributed by atoms with Crippen LogP contribution in [0.5, 0.6) is 0 Å². The lowest BCUT2D eigenvalue weighted by molar-refractivity contribution is 0.155. The second-order valence-corrected chi connectivity index (χ2v) is 4.14. The first-order valence-electron chi connectivity index (χ1n) is 6.14. The van der Waals surface area contributed by atoms with Crippen LogP contribution in [0.25, 0.3) is 0 Å². The van der Waals surface area contributed by atoms with Gasteiger partial charge in [-0.3, -0.25) is 5.32 Å². The largest absolute Gasteiger partial charge is 0.444 e. The number of rotatable bonds is 4. The molecule has 1 amide bonds. The van der Waals surface area contributed by atoms with Gasteiger partial charge in [-0.1, -0.05) is 42.5 Å². The number of ether oxygens (including phenoxy) is 1. The van der Waals surface area contributed by atoms with Gasteiger partial charge in [0.25, 0.3) is 0 Å². The molecule has 0 aromatic heterocycles. The molecule has 0 unspecified atom stereocenters. The van der Waals surface area contributed by atoms with Crippen LogP contribution >= 0.6 is 0 Å². The Balaban J connectivity index is 1.87. The van der Waals surface area contributed by atoms with Gasteiger partial charge in [-0.25, -0.2) is 4.79 Å². The summed E-state index contributed by atoms with van der Waals surface area (Å²) in [6.45, 7) is 4.07. The lowest BCUT2D eigenvalue weighted by atomic mass is 10.1. The number of amides is 1. The highest BCUT2D eigenvalue weighted by Crippen LogP contribution is 2.11. The molecular weight excluding hydrogens is 238 g/mol. The van der Waals surface area contributed by atoms with Crippen LogP contribution < -0.4 is 5.32 Å². The molecule has 0 saturated carbocycles. The third kappa shape index (κ3) is 4.14. The first-order chi connectivity index (χ1) is 9.28. The maximum Gasteiger partial charge on any atom is 0.411 e. The molecule has 0 spiro atoms. The van der Waals surface area contributed by atoms with Crippen LogP contribution in [0.1, 0.15) is 11.1 Å². The highest BCUT2D eigenvalue weighted by atomic mass is 16.5. The second kappa shape index (κ2) is 6.59. The maximum atomic E-state index is 11.6. The van der Waals surface area contributed by atoms with E-state index < -0.39 is 6.09 Å². The summed E-state index contributed by atoms with van der Waals surface area (Å²) in [7, 11) is 0. The number of hydrogen-bond acceptors (Lipinski definition) is 2. The van der Waals surface area contributed by atoms with Gasteiger partial charge in [0, 0.05) is 5.69 Å². The zero-order chi connectivity index (χ0) is 13.5. The zero-order valence-electron chi connectivity index (χ0n) is 10.6. The van der Waals surface area contributed by atoms with Crippen molar-refractivity contribution in [2.45, 2.75) is 13.0 Å². The predicted molar refractivity (Wildman–Crippen MR) is 75.8 cm³/mol. The van der Waals surface area contributed by atoms with E-state index in [4.69, 9.17) is 4.74 Å². The third-order valence-corrected chi connectivity index (χ3v) is 2.67. The van der Waals surface area contributed by atoms with Crippen molar-refractivity contribution >= 4 is 11.8 Å². The van der Waals surface area contributed by atoms with E-state index in [1.165, 1.54) is 0 Å². The number of benzene rings is 2. The monoisotopic (exact) mass is 254 g/mol. The Kier molecular flexibility index (Phi) is 4.56. The lowest BCUT2D eigenvalue weighted by Gasteiger charge is -2.08. The second-order valence-electron chi connectivity index (χ2n) is 4.14.